The molecule has 0 fully saturated rings. The van der Waals surface area contributed by atoms with Crippen LogP contribution in [0.5, 0.6) is 0 Å². The van der Waals surface area contributed by atoms with Crippen molar-refractivity contribution in [3.8, 4) is 0 Å². The Morgan fingerprint density at radius 1 is 1.28 bits per heavy atom. The smallest absolute Gasteiger partial charge is 0.417 e. The highest BCUT2D eigenvalue weighted by atomic mass is 35.5. The molecule has 3 rings (SSSR count). The standard InChI is InChI=1S/C19H16ClF3N4O4S/c20-11-7-10(19(21,22)23)8-24-16(11)32-18-26-12-3-1-2-4-14(12)27(18)6-5-15(29)25-13(9-28)17(30)31/h1-4,7-8,13,28H,5-6,9H2,(H,25,29)(H,30,31)/t13-/m0/s1. The fraction of sp³-hybridized carbons (Fsp3) is 0.263. The summed E-state index contributed by atoms with van der Waals surface area (Å²) in [7, 11) is 0. The molecule has 0 aliphatic carbocycles. The Hall–Kier alpha value is -2.83. The third-order valence-electron chi connectivity index (χ3n) is 4.32. The van der Waals surface area contributed by atoms with Crippen molar-refractivity contribution < 1.29 is 33.0 Å². The van der Waals surface area contributed by atoms with Crippen molar-refractivity contribution >= 4 is 46.3 Å². The van der Waals surface area contributed by atoms with Crippen molar-refractivity contribution in [2.24, 2.45) is 0 Å². The van der Waals surface area contributed by atoms with E-state index < -0.39 is 36.3 Å². The van der Waals surface area contributed by atoms with Crippen LogP contribution in [0.2, 0.25) is 5.02 Å². The van der Waals surface area contributed by atoms with Gasteiger partial charge in [-0.1, -0.05) is 23.7 Å². The van der Waals surface area contributed by atoms with E-state index in [9.17, 15) is 22.8 Å². The summed E-state index contributed by atoms with van der Waals surface area (Å²) in [5, 5.41) is 20.4. The minimum atomic E-state index is -4.58. The summed E-state index contributed by atoms with van der Waals surface area (Å²) in [6.07, 6.45) is -4.04. The highest BCUT2D eigenvalue weighted by Crippen LogP contribution is 2.37. The van der Waals surface area contributed by atoms with Gasteiger partial charge in [0.2, 0.25) is 5.91 Å². The molecule has 170 valence electrons. The first-order valence-corrected chi connectivity index (χ1v) is 10.3. The SMILES string of the molecule is O=C(CCn1c(Sc2ncc(C(F)(F)F)cc2Cl)nc2ccccc21)N[C@@H](CO)C(=O)O. The largest absolute Gasteiger partial charge is 0.480 e. The molecule has 0 aliphatic heterocycles. The molecule has 0 spiro atoms. The summed E-state index contributed by atoms with van der Waals surface area (Å²) in [6.45, 7) is -0.668. The highest BCUT2D eigenvalue weighted by Gasteiger charge is 2.32. The topological polar surface area (TPSA) is 117 Å². The minimum Gasteiger partial charge on any atom is -0.480 e. The first-order chi connectivity index (χ1) is 15.1. The van der Waals surface area contributed by atoms with E-state index in [1.54, 1.807) is 28.8 Å². The first kappa shape index (κ1) is 23.8. The van der Waals surface area contributed by atoms with Crippen molar-refractivity contribution in [3.05, 3.63) is 47.1 Å². The van der Waals surface area contributed by atoms with Crippen LogP contribution in [0.25, 0.3) is 11.0 Å². The molecule has 0 saturated carbocycles. The number of rotatable bonds is 8. The number of nitrogens with zero attached hydrogens (tertiary/aromatic N) is 3. The molecule has 0 unspecified atom stereocenters. The molecular weight excluding hydrogens is 473 g/mol. The second kappa shape index (κ2) is 9.76. The summed E-state index contributed by atoms with van der Waals surface area (Å²) < 4.78 is 40.2. The lowest BCUT2D eigenvalue weighted by atomic mass is 10.3. The number of carboxylic acids is 1. The number of fused-ring (bicyclic) bond motifs is 1. The molecule has 2 aromatic heterocycles. The highest BCUT2D eigenvalue weighted by molar-refractivity contribution is 7.99. The van der Waals surface area contributed by atoms with E-state index in [0.717, 1.165) is 17.8 Å². The number of aromatic nitrogens is 3. The van der Waals surface area contributed by atoms with Gasteiger partial charge in [-0.15, -0.1) is 0 Å². The second-order valence-corrected chi connectivity index (χ2v) is 7.90. The molecule has 0 bridgehead atoms. The molecule has 1 amide bonds. The molecule has 32 heavy (non-hydrogen) atoms. The number of aliphatic carboxylic acids is 1. The lowest BCUT2D eigenvalue weighted by molar-refractivity contribution is -0.143. The van der Waals surface area contributed by atoms with E-state index in [1.807, 2.05) is 0 Å². The number of amides is 1. The van der Waals surface area contributed by atoms with Gasteiger partial charge in [-0.25, -0.2) is 14.8 Å². The van der Waals surface area contributed by atoms with Gasteiger partial charge in [0.1, 0.15) is 11.1 Å². The average molecular weight is 489 g/mol. The number of aliphatic hydroxyl groups excluding tert-OH is 1. The van der Waals surface area contributed by atoms with Crippen LogP contribution in [0.1, 0.15) is 12.0 Å². The van der Waals surface area contributed by atoms with Gasteiger partial charge in [0.15, 0.2) is 5.16 Å². The van der Waals surface area contributed by atoms with Crippen molar-refractivity contribution in [1.29, 1.82) is 0 Å². The van der Waals surface area contributed by atoms with Gasteiger partial charge in [0.25, 0.3) is 0 Å². The summed E-state index contributed by atoms with van der Waals surface area (Å²) in [5.41, 5.74) is 0.258. The molecule has 8 nitrogen and oxygen atoms in total. The number of benzene rings is 1. The zero-order chi connectivity index (χ0) is 23.5. The molecule has 3 aromatic rings. The molecule has 0 radical (unpaired) electrons. The summed E-state index contributed by atoms with van der Waals surface area (Å²) in [5.74, 6) is -1.97. The zero-order valence-electron chi connectivity index (χ0n) is 16.1. The van der Waals surface area contributed by atoms with Crippen LogP contribution >= 0.6 is 23.4 Å². The Labute approximate surface area is 188 Å². The number of hydrogen-bond acceptors (Lipinski definition) is 6. The van der Waals surface area contributed by atoms with E-state index in [1.165, 1.54) is 0 Å². The quantitative estimate of drug-likeness (QED) is 0.445. The summed E-state index contributed by atoms with van der Waals surface area (Å²) in [4.78, 5) is 31.3. The van der Waals surface area contributed by atoms with Crippen LogP contribution in [0.4, 0.5) is 13.2 Å². The molecule has 0 saturated heterocycles. The molecule has 3 N–H and O–H groups in total. The maximum atomic E-state index is 12.9. The number of aliphatic hydroxyl groups is 1. The van der Waals surface area contributed by atoms with E-state index in [0.29, 0.717) is 22.4 Å². The number of imidazole rings is 1. The Bertz CT molecular complexity index is 1160. The fourth-order valence-corrected chi connectivity index (χ4v) is 3.92. The predicted octanol–water partition coefficient (Wildman–Crippen LogP) is 3.21. The number of halogens is 4. The number of nitrogens with one attached hydrogen (secondary N) is 1. The van der Waals surface area contributed by atoms with Gasteiger partial charge in [0, 0.05) is 19.2 Å². The zero-order valence-corrected chi connectivity index (χ0v) is 17.7. The molecule has 0 aliphatic rings. The van der Waals surface area contributed by atoms with Gasteiger partial charge in [0.05, 0.1) is 28.2 Å². The third-order valence-corrected chi connectivity index (χ3v) is 5.73. The number of aryl methyl sites for hydroxylation is 1. The minimum absolute atomic E-state index is 0.0880. The molecule has 1 aromatic carbocycles. The Kier molecular flexibility index (Phi) is 7.26. The lowest BCUT2D eigenvalue weighted by Gasteiger charge is -2.13. The third kappa shape index (κ3) is 5.50. The molecule has 1 atom stereocenters. The predicted molar refractivity (Wildman–Crippen MR) is 109 cm³/mol. The number of para-hydroxylation sites is 2. The average Bonchev–Trinajstić information content (AvgIpc) is 3.08. The van der Waals surface area contributed by atoms with Gasteiger partial charge in [-0.05, 0) is 30.0 Å². The Morgan fingerprint density at radius 3 is 2.62 bits per heavy atom. The first-order valence-electron chi connectivity index (χ1n) is 9.09. The van der Waals surface area contributed by atoms with Crippen molar-refractivity contribution in [2.75, 3.05) is 6.61 Å². The molecular formula is C19H16ClF3N4O4S. The van der Waals surface area contributed by atoms with Crippen LogP contribution in [0, 0.1) is 0 Å². The number of carbonyl (C=O) groups excluding carboxylic acids is 1. The molecule has 13 heteroatoms. The van der Waals surface area contributed by atoms with Crippen LogP contribution in [-0.2, 0) is 22.3 Å². The fourth-order valence-electron chi connectivity index (χ4n) is 2.75. The van der Waals surface area contributed by atoms with E-state index in [-0.39, 0.29) is 23.0 Å². The normalized spacial score (nSPS) is 12.7. The number of carbonyl (C=O) groups is 2. The number of alkyl halides is 3. The van der Waals surface area contributed by atoms with Crippen LogP contribution in [0.15, 0.2) is 46.7 Å². The number of hydrogen-bond donors (Lipinski definition) is 3. The lowest BCUT2D eigenvalue weighted by Crippen LogP contribution is -2.43. The van der Waals surface area contributed by atoms with E-state index >= 15 is 0 Å². The van der Waals surface area contributed by atoms with Crippen molar-refractivity contribution in [2.45, 2.75) is 35.4 Å². The van der Waals surface area contributed by atoms with Crippen LogP contribution in [-0.4, -0.2) is 49.3 Å². The monoisotopic (exact) mass is 488 g/mol. The number of pyridine rings is 1. The van der Waals surface area contributed by atoms with Gasteiger partial charge >= 0.3 is 12.1 Å². The molecule has 2 heterocycles. The maximum absolute atomic E-state index is 12.9. The van der Waals surface area contributed by atoms with E-state index in [4.69, 9.17) is 21.8 Å². The Balaban J connectivity index is 1.85. The van der Waals surface area contributed by atoms with Gasteiger partial charge in [-0.2, -0.15) is 13.2 Å². The van der Waals surface area contributed by atoms with Crippen molar-refractivity contribution in [1.82, 2.24) is 19.9 Å². The summed E-state index contributed by atoms with van der Waals surface area (Å²) >= 11 is 6.94. The second-order valence-electron chi connectivity index (χ2n) is 6.54. The van der Waals surface area contributed by atoms with E-state index in [2.05, 4.69) is 15.3 Å². The summed E-state index contributed by atoms with van der Waals surface area (Å²) in [6, 6.07) is 6.33. The van der Waals surface area contributed by atoms with Crippen LogP contribution < -0.4 is 5.32 Å². The van der Waals surface area contributed by atoms with Crippen molar-refractivity contribution in [3.63, 3.8) is 0 Å². The van der Waals surface area contributed by atoms with Crippen LogP contribution in [0.3, 0.4) is 0 Å². The van der Waals surface area contributed by atoms with Gasteiger partial charge in [-0.3, -0.25) is 4.79 Å². The van der Waals surface area contributed by atoms with Gasteiger partial charge < -0.3 is 20.1 Å². The maximum Gasteiger partial charge on any atom is 0.417 e. The number of carboxylic acid groups (broad SMARTS) is 1. The Morgan fingerprint density at radius 2 is 2.00 bits per heavy atom.